The van der Waals surface area contributed by atoms with Crippen LogP contribution < -0.4 is 0 Å². The van der Waals surface area contributed by atoms with E-state index < -0.39 is 0 Å². The van der Waals surface area contributed by atoms with Gasteiger partial charge in [0.1, 0.15) is 0 Å². The molecule has 0 aromatic rings. The molecule has 0 spiro atoms. The second-order valence-electron chi connectivity index (χ2n) is 3.46. The van der Waals surface area contributed by atoms with Gasteiger partial charge in [0.2, 0.25) is 0 Å². The van der Waals surface area contributed by atoms with Gasteiger partial charge in [-0.2, -0.15) is 0 Å². The summed E-state index contributed by atoms with van der Waals surface area (Å²) in [6.07, 6.45) is 6.11. The van der Waals surface area contributed by atoms with E-state index in [0.29, 0.717) is 0 Å². The van der Waals surface area contributed by atoms with E-state index in [4.69, 9.17) is 0 Å². The van der Waals surface area contributed by atoms with Gasteiger partial charge in [0, 0.05) is 0 Å². The molecule has 0 bridgehead atoms. The van der Waals surface area contributed by atoms with Gasteiger partial charge >= 0.3 is 0 Å². The van der Waals surface area contributed by atoms with Crippen LogP contribution in [0, 0.1) is 0 Å². The van der Waals surface area contributed by atoms with Crippen molar-refractivity contribution in [1.29, 1.82) is 0 Å². The van der Waals surface area contributed by atoms with E-state index in [1.54, 1.807) is 0 Å². The lowest BCUT2D eigenvalue weighted by Crippen LogP contribution is -2.42. The molecule has 0 aromatic carbocycles. The lowest BCUT2D eigenvalue weighted by Gasteiger charge is -2.32. The van der Waals surface area contributed by atoms with Crippen molar-refractivity contribution in [3.63, 3.8) is 0 Å². The molecule has 72 valence electrons. The van der Waals surface area contributed by atoms with Gasteiger partial charge in [0.05, 0.1) is 25.8 Å². The highest BCUT2D eigenvalue weighted by molar-refractivity contribution is 4.56. The van der Waals surface area contributed by atoms with E-state index in [-0.39, 0.29) is 0 Å². The van der Waals surface area contributed by atoms with Crippen LogP contribution in [0.25, 0.3) is 0 Å². The molecule has 0 fully saturated rings. The van der Waals surface area contributed by atoms with Gasteiger partial charge in [-0.25, -0.2) is 0 Å². The average Bonchev–Trinajstić information content (AvgIpc) is 2.14. The molecule has 0 atom stereocenters. The first-order valence-corrected chi connectivity index (χ1v) is 5.24. The topological polar surface area (TPSA) is 0 Å². The molecule has 1 heteroatoms. The fraction of sp³-hybridized carbons (Fsp3) is 0.818. The van der Waals surface area contributed by atoms with Crippen molar-refractivity contribution >= 4 is 0 Å². The zero-order valence-electron chi connectivity index (χ0n) is 8.97. The van der Waals surface area contributed by atoms with E-state index in [9.17, 15) is 0 Å². The maximum Gasteiger partial charge on any atom is 0.0885 e. The number of hydrogen-bond donors (Lipinski definition) is 0. The van der Waals surface area contributed by atoms with Gasteiger partial charge < -0.3 is 0 Å². The molecule has 0 radical (unpaired) electrons. The fourth-order valence-corrected chi connectivity index (χ4v) is 1.57. The van der Waals surface area contributed by atoms with Crippen molar-refractivity contribution in [2.45, 2.75) is 40.0 Å². The maximum atomic E-state index is 3.93. The molecule has 0 unspecified atom stereocenters. The standard InChI is InChI=1S/C11H24N/c1-5-9-10-11-12(6-2,7-3)8-4/h6H,2,5,7-11H2,1,3-4H3/q+1. The quantitative estimate of drug-likeness (QED) is 0.406. The highest BCUT2D eigenvalue weighted by Crippen LogP contribution is 2.10. The third-order valence-corrected chi connectivity index (χ3v) is 2.85. The monoisotopic (exact) mass is 170 g/mol. The van der Waals surface area contributed by atoms with Crippen LogP contribution in [0.3, 0.4) is 0 Å². The van der Waals surface area contributed by atoms with E-state index in [0.717, 1.165) is 4.48 Å². The van der Waals surface area contributed by atoms with Gasteiger partial charge in [-0.15, -0.1) is 0 Å². The third-order valence-electron chi connectivity index (χ3n) is 2.85. The Bertz CT molecular complexity index is 114. The zero-order chi connectivity index (χ0) is 9.45. The summed E-state index contributed by atoms with van der Waals surface area (Å²) >= 11 is 0. The molecular weight excluding hydrogens is 146 g/mol. The maximum absolute atomic E-state index is 3.93. The molecule has 0 saturated carbocycles. The first-order chi connectivity index (χ1) is 5.74. The first kappa shape index (κ1) is 11.7. The molecule has 0 aliphatic heterocycles. The first-order valence-electron chi connectivity index (χ1n) is 5.24. The second-order valence-corrected chi connectivity index (χ2v) is 3.46. The SMILES string of the molecule is C=C[N+](CC)(CC)CCCCC. The van der Waals surface area contributed by atoms with Crippen LogP contribution in [0.4, 0.5) is 0 Å². The van der Waals surface area contributed by atoms with Crippen LogP contribution in [0.15, 0.2) is 12.8 Å². The summed E-state index contributed by atoms with van der Waals surface area (Å²) in [6.45, 7) is 14.3. The molecule has 0 aliphatic carbocycles. The molecule has 0 aliphatic rings. The Balaban J connectivity index is 3.84. The number of rotatable bonds is 7. The van der Waals surface area contributed by atoms with Crippen LogP contribution in [-0.2, 0) is 0 Å². The van der Waals surface area contributed by atoms with Crippen molar-refractivity contribution < 1.29 is 4.48 Å². The van der Waals surface area contributed by atoms with Crippen molar-refractivity contribution in [2.75, 3.05) is 19.6 Å². The summed E-state index contributed by atoms with van der Waals surface area (Å²) in [5, 5.41) is 0. The van der Waals surface area contributed by atoms with Crippen molar-refractivity contribution in [3.05, 3.63) is 12.8 Å². The van der Waals surface area contributed by atoms with Crippen LogP contribution in [-0.4, -0.2) is 24.1 Å². The number of hydrogen-bond acceptors (Lipinski definition) is 0. The molecule has 0 rings (SSSR count). The summed E-state index contributed by atoms with van der Waals surface area (Å²) in [7, 11) is 0. The summed E-state index contributed by atoms with van der Waals surface area (Å²) in [5.41, 5.74) is 0. The van der Waals surface area contributed by atoms with Gasteiger partial charge in [-0.3, -0.25) is 4.48 Å². The molecule has 0 saturated heterocycles. The molecule has 0 heterocycles. The predicted molar refractivity (Wildman–Crippen MR) is 55.9 cm³/mol. The third kappa shape index (κ3) is 3.40. The number of nitrogens with zero attached hydrogens (tertiary/aromatic N) is 1. The normalized spacial score (nSPS) is 11.6. The lowest BCUT2D eigenvalue weighted by atomic mass is 10.2. The molecule has 1 nitrogen and oxygen atoms in total. The van der Waals surface area contributed by atoms with E-state index >= 15 is 0 Å². The zero-order valence-corrected chi connectivity index (χ0v) is 8.97. The van der Waals surface area contributed by atoms with E-state index in [1.807, 2.05) is 0 Å². The molecule has 12 heavy (non-hydrogen) atoms. The Labute approximate surface area is 77.7 Å². The number of quaternary nitrogens is 1. The Kier molecular flexibility index (Phi) is 6.09. The largest absolute Gasteiger partial charge is 0.298 e. The average molecular weight is 170 g/mol. The minimum Gasteiger partial charge on any atom is -0.298 e. The van der Waals surface area contributed by atoms with Gasteiger partial charge in [0.15, 0.2) is 0 Å². The predicted octanol–water partition coefficient (Wildman–Crippen LogP) is 3.18. The summed E-state index contributed by atoms with van der Waals surface area (Å²) in [4.78, 5) is 0. The fourth-order valence-electron chi connectivity index (χ4n) is 1.57. The summed E-state index contributed by atoms with van der Waals surface area (Å²) in [6, 6.07) is 0. The lowest BCUT2D eigenvalue weighted by molar-refractivity contribution is -0.876. The van der Waals surface area contributed by atoms with Crippen LogP contribution in [0.2, 0.25) is 0 Å². The molecular formula is C11H24N+. The Morgan fingerprint density at radius 1 is 1.08 bits per heavy atom. The highest BCUT2D eigenvalue weighted by Gasteiger charge is 2.17. The van der Waals surface area contributed by atoms with E-state index in [1.165, 1.54) is 38.9 Å². The Morgan fingerprint density at radius 2 is 1.67 bits per heavy atom. The molecule has 0 aromatic heterocycles. The smallest absolute Gasteiger partial charge is 0.0885 e. The van der Waals surface area contributed by atoms with E-state index in [2.05, 4.69) is 33.6 Å². The van der Waals surface area contributed by atoms with Gasteiger partial charge in [-0.1, -0.05) is 13.3 Å². The van der Waals surface area contributed by atoms with Crippen LogP contribution in [0.5, 0.6) is 0 Å². The Morgan fingerprint density at radius 3 is 2.00 bits per heavy atom. The minimum absolute atomic E-state index is 1.08. The minimum atomic E-state index is 1.08. The second kappa shape index (κ2) is 6.24. The van der Waals surface area contributed by atoms with Crippen molar-refractivity contribution in [2.24, 2.45) is 0 Å². The van der Waals surface area contributed by atoms with Gasteiger partial charge in [0.25, 0.3) is 0 Å². The Hall–Kier alpha value is -0.300. The van der Waals surface area contributed by atoms with Gasteiger partial charge in [-0.05, 0) is 33.3 Å². The summed E-state index contributed by atoms with van der Waals surface area (Å²) < 4.78 is 1.08. The molecule has 0 N–H and O–H groups in total. The summed E-state index contributed by atoms with van der Waals surface area (Å²) in [5.74, 6) is 0. The highest BCUT2D eigenvalue weighted by atomic mass is 15.3. The van der Waals surface area contributed by atoms with Crippen LogP contribution >= 0.6 is 0 Å². The molecule has 0 amide bonds. The van der Waals surface area contributed by atoms with Crippen molar-refractivity contribution in [3.8, 4) is 0 Å². The number of unbranched alkanes of at least 4 members (excludes halogenated alkanes) is 2. The van der Waals surface area contributed by atoms with Crippen LogP contribution in [0.1, 0.15) is 40.0 Å². The van der Waals surface area contributed by atoms with Crippen molar-refractivity contribution in [1.82, 2.24) is 0 Å².